The van der Waals surface area contributed by atoms with Gasteiger partial charge in [-0.3, -0.25) is 14.4 Å². The zero-order chi connectivity index (χ0) is 23.4. The molecule has 1 aliphatic rings. The Morgan fingerprint density at radius 2 is 1.64 bits per heavy atom. The standard InChI is InChI=1S/C27H28N2O4/c1-27(2)13-23-21(24(30)14-27)12-22(26(32)29-23)25(31)28-15-19-9-6-10-20(11-19)17-33-16-18-7-4-3-5-8-18/h3-12H,13-17H2,1-2H3,(H,28,31)(H,29,32). The fourth-order valence-corrected chi connectivity index (χ4v) is 4.16. The molecule has 33 heavy (non-hydrogen) atoms. The van der Waals surface area contributed by atoms with Crippen molar-refractivity contribution in [3.8, 4) is 0 Å². The van der Waals surface area contributed by atoms with E-state index in [1.165, 1.54) is 6.07 Å². The molecule has 0 unspecified atom stereocenters. The molecular formula is C27H28N2O4. The van der Waals surface area contributed by atoms with E-state index < -0.39 is 11.5 Å². The van der Waals surface area contributed by atoms with E-state index in [0.717, 1.165) is 16.7 Å². The van der Waals surface area contributed by atoms with Crippen LogP contribution in [0.2, 0.25) is 0 Å². The Kier molecular flexibility index (Phi) is 6.56. The number of H-pyrrole nitrogens is 1. The number of benzene rings is 2. The predicted octanol–water partition coefficient (Wildman–Crippen LogP) is 4.18. The Morgan fingerprint density at radius 3 is 2.42 bits per heavy atom. The highest BCUT2D eigenvalue weighted by molar-refractivity contribution is 6.02. The van der Waals surface area contributed by atoms with Crippen molar-refractivity contribution in [2.75, 3.05) is 0 Å². The summed E-state index contributed by atoms with van der Waals surface area (Å²) in [4.78, 5) is 40.5. The third-order valence-corrected chi connectivity index (χ3v) is 5.79. The average molecular weight is 445 g/mol. The summed E-state index contributed by atoms with van der Waals surface area (Å²) < 4.78 is 5.78. The lowest BCUT2D eigenvalue weighted by Crippen LogP contribution is -2.34. The van der Waals surface area contributed by atoms with Crippen LogP contribution in [-0.4, -0.2) is 16.7 Å². The molecule has 1 amide bonds. The first-order valence-electron chi connectivity index (χ1n) is 11.1. The molecule has 0 bridgehead atoms. The summed E-state index contributed by atoms with van der Waals surface area (Å²) in [6.07, 6.45) is 0.997. The van der Waals surface area contributed by atoms with Crippen molar-refractivity contribution in [1.29, 1.82) is 0 Å². The Balaban J connectivity index is 1.38. The Morgan fingerprint density at radius 1 is 0.939 bits per heavy atom. The lowest BCUT2D eigenvalue weighted by molar-refractivity contribution is 0.0910. The van der Waals surface area contributed by atoms with Gasteiger partial charge in [-0.2, -0.15) is 0 Å². The van der Waals surface area contributed by atoms with Crippen LogP contribution in [0.5, 0.6) is 0 Å². The number of aromatic nitrogens is 1. The van der Waals surface area contributed by atoms with E-state index in [-0.39, 0.29) is 23.3 Å². The molecule has 0 saturated carbocycles. The highest BCUT2D eigenvalue weighted by Gasteiger charge is 2.32. The minimum Gasteiger partial charge on any atom is -0.372 e. The van der Waals surface area contributed by atoms with E-state index in [9.17, 15) is 14.4 Å². The van der Waals surface area contributed by atoms with Crippen molar-refractivity contribution in [1.82, 2.24) is 10.3 Å². The van der Waals surface area contributed by atoms with Gasteiger partial charge in [0.25, 0.3) is 11.5 Å². The van der Waals surface area contributed by atoms with Crippen molar-refractivity contribution in [3.05, 3.63) is 105 Å². The van der Waals surface area contributed by atoms with E-state index in [1.54, 1.807) is 0 Å². The summed E-state index contributed by atoms with van der Waals surface area (Å²) in [5.41, 5.74) is 3.35. The molecule has 6 nitrogen and oxygen atoms in total. The lowest BCUT2D eigenvalue weighted by atomic mass is 9.75. The molecule has 6 heteroatoms. The number of ether oxygens (including phenoxy) is 1. The number of carbonyl (C=O) groups excluding carboxylic acids is 2. The highest BCUT2D eigenvalue weighted by Crippen LogP contribution is 2.33. The van der Waals surface area contributed by atoms with Crippen LogP contribution in [0.4, 0.5) is 0 Å². The summed E-state index contributed by atoms with van der Waals surface area (Å²) >= 11 is 0. The maximum absolute atomic E-state index is 12.7. The van der Waals surface area contributed by atoms with Gasteiger partial charge in [-0.1, -0.05) is 68.4 Å². The van der Waals surface area contributed by atoms with Gasteiger partial charge >= 0.3 is 0 Å². The first kappa shape index (κ1) is 22.7. The highest BCUT2D eigenvalue weighted by atomic mass is 16.5. The number of Topliss-reactive ketones (excluding diaryl/α,β-unsaturated/α-hetero) is 1. The SMILES string of the molecule is CC1(C)CC(=O)c2cc(C(=O)NCc3cccc(COCc4ccccc4)c3)c(=O)[nH]c2C1. The molecule has 170 valence electrons. The minimum atomic E-state index is -0.498. The van der Waals surface area contributed by atoms with Crippen molar-refractivity contribution >= 4 is 11.7 Å². The molecular weight excluding hydrogens is 416 g/mol. The van der Waals surface area contributed by atoms with Gasteiger partial charge in [-0.25, -0.2) is 0 Å². The maximum Gasteiger partial charge on any atom is 0.261 e. The van der Waals surface area contributed by atoms with E-state index in [2.05, 4.69) is 10.3 Å². The molecule has 4 rings (SSSR count). The summed E-state index contributed by atoms with van der Waals surface area (Å²) in [5.74, 6) is -0.544. The molecule has 1 aromatic heterocycles. The van der Waals surface area contributed by atoms with E-state index >= 15 is 0 Å². The molecule has 0 radical (unpaired) electrons. The summed E-state index contributed by atoms with van der Waals surface area (Å²) in [6, 6.07) is 19.2. The number of ketones is 1. The number of fused-ring (bicyclic) bond motifs is 1. The predicted molar refractivity (Wildman–Crippen MR) is 126 cm³/mol. The fourth-order valence-electron chi connectivity index (χ4n) is 4.16. The maximum atomic E-state index is 12.7. The zero-order valence-electron chi connectivity index (χ0n) is 18.9. The van der Waals surface area contributed by atoms with Gasteiger partial charge < -0.3 is 15.0 Å². The van der Waals surface area contributed by atoms with Gasteiger partial charge in [0.2, 0.25) is 0 Å². The summed E-state index contributed by atoms with van der Waals surface area (Å²) in [6.45, 7) is 5.24. The van der Waals surface area contributed by atoms with Gasteiger partial charge in [-0.05, 0) is 34.6 Å². The lowest BCUT2D eigenvalue weighted by Gasteiger charge is -2.29. The van der Waals surface area contributed by atoms with Crippen molar-refractivity contribution in [3.63, 3.8) is 0 Å². The first-order chi connectivity index (χ1) is 15.8. The molecule has 0 fully saturated rings. The molecule has 1 heterocycles. The van der Waals surface area contributed by atoms with Gasteiger partial charge in [0.05, 0.1) is 13.2 Å². The number of nitrogens with one attached hydrogen (secondary N) is 2. The number of hydrogen-bond acceptors (Lipinski definition) is 4. The van der Waals surface area contributed by atoms with E-state index in [4.69, 9.17) is 4.74 Å². The molecule has 0 saturated heterocycles. The van der Waals surface area contributed by atoms with Crippen LogP contribution in [0.25, 0.3) is 0 Å². The fraction of sp³-hybridized carbons (Fsp3) is 0.296. The summed E-state index contributed by atoms with van der Waals surface area (Å²) in [5, 5.41) is 2.79. The largest absolute Gasteiger partial charge is 0.372 e. The molecule has 2 N–H and O–H groups in total. The first-order valence-corrected chi connectivity index (χ1v) is 11.1. The number of aromatic amines is 1. The van der Waals surface area contributed by atoms with Crippen LogP contribution in [0.15, 0.2) is 65.5 Å². The normalized spacial score (nSPS) is 14.5. The smallest absolute Gasteiger partial charge is 0.261 e. The van der Waals surface area contributed by atoms with Crippen molar-refractivity contribution in [2.45, 2.75) is 46.4 Å². The second kappa shape index (κ2) is 9.55. The minimum absolute atomic E-state index is 0.0378. The van der Waals surface area contributed by atoms with Crippen LogP contribution in [-0.2, 0) is 30.9 Å². The van der Waals surface area contributed by atoms with Gasteiger partial charge in [0, 0.05) is 24.2 Å². The van der Waals surface area contributed by atoms with Crippen LogP contribution in [0.3, 0.4) is 0 Å². The Hall–Kier alpha value is -3.51. The summed E-state index contributed by atoms with van der Waals surface area (Å²) in [7, 11) is 0. The molecule has 2 aromatic carbocycles. The van der Waals surface area contributed by atoms with Crippen LogP contribution in [0.1, 0.15) is 63.4 Å². The van der Waals surface area contributed by atoms with Crippen LogP contribution in [0, 0.1) is 5.41 Å². The van der Waals surface area contributed by atoms with Crippen molar-refractivity contribution in [2.24, 2.45) is 5.41 Å². The molecule has 0 aliphatic heterocycles. The number of amides is 1. The van der Waals surface area contributed by atoms with E-state index in [1.807, 2.05) is 68.4 Å². The topological polar surface area (TPSA) is 88.3 Å². The second-order valence-electron chi connectivity index (χ2n) is 9.33. The van der Waals surface area contributed by atoms with Gasteiger partial charge in [0.15, 0.2) is 5.78 Å². The van der Waals surface area contributed by atoms with Crippen LogP contribution >= 0.6 is 0 Å². The molecule has 0 spiro atoms. The van der Waals surface area contributed by atoms with Gasteiger partial charge in [0.1, 0.15) is 5.56 Å². The molecule has 1 aliphatic carbocycles. The second-order valence-corrected chi connectivity index (χ2v) is 9.33. The van der Waals surface area contributed by atoms with Crippen LogP contribution < -0.4 is 10.9 Å². The third kappa shape index (κ3) is 5.65. The van der Waals surface area contributed by atoms with Crippen molar-refractivity contribution < 1.29 is 14.3 Å². The Bertz CT molecular complexity index is 1230. The number of hydrogen-bond donors (Lipinski definition) is 2. The van der Waals surface area contributed by atoms with E-state index in [0.29, 0.717) is 37.3 Å². The Labute approximate surface area is 193 Å². The average Bonchev–Trinajstić information content (AvgIpc) is 2.77. The zero-order valence-corrected chi connectivity index (χ0v) is 18.9. The van der Waals surface area contributed by atoms with Gasteiger partial charge in [-0.15, -0.1) is 0 Å². The molecule has 3 aromatic rings. The third-order valence-electron chi connectivity index (χ3n) is 5.79. The molecule has 0 atom stereocenters. The number of pyridine rings is 1. The number of rotatable bonds is 7. The number of carbonyl (C=O) groups is 2. The monoisotopic (exact) mass is 444 g/mol. The quantitative estimate of drug-likeness (QED) is 0.572.